The molecule has 0 bridgehead atoms. The van der Waals surface area contributed by atoms with Gasteiger partial charge >= 0.3 is 0 Å². The molecular formula is C27H17Br2IN2O2. The smallest absolute Gasteiger partial charge is 0.266 e. The van der Waals surface area contributed by atoms with Crippen molar-refractivity contribution in [3.8, 4) is 11.8 Å². The van der Waals surface area contributed by atoms with Crippen LogP contribution >= 0.6 is 54.5 Å². The molecule has 1 N–H and O–H groups in total. The first-order valence-electron chi connectivity index (χ1n) is 10.2. The molecule has 7 heteroatoms. The van der Waals surface area contributed by atoms with Gasteiger partial charge in [-0.05, 0) is 103 Å². The molecule has 0 aliphatic heterocycles. The highest BCUT2D eigenvalue weighted by Gasteiger charge is 2.13. The number of nitriles is 1. The van der Waals surface area contributed by atoms with Crippen LogP contribution in [0.4, 0.5) is 5.69 Å². The van der Waals surface area contributed by atoms with E-state index < -0.39 is 5.91 Å². The number of nitrogens with one attached hydrogen (secondary N) is 1. The Kier molecular flexibility index (Phi) is 8.03. The molecule has 4 aromatic carbocycles. The fourth-order valence-corrected chi connectivity index (χ4v) is 5.53. The number of ether oxygens (including phenoxy) is 1. The van der Waals surface area contributed by atoms with E-state index >= 15 is 0 Å². The second kappa shape index (κ2) is 11.2. The highest BCUT2D eigenvalue weighted by molar-refractivity contribution is 14.1. The van der Waals surface area contributed by atoms with E-state index in [1.807, 2.05) is 42.5 Å². The zero-order chi connectivity index (χ0) is 24.1. The van der Waals surface area contributed by atoms with Crippen molar-refractivity contribution in [3.05, 3.63) is 108 Å². The maximum Gasteiger partial charge on any atom is 0.266 e. The summed E-state index contributed by atoms with van der Waals surface area (Å²) in [6.45, 7) is 0.424. The van der Waals surface area contributed by atoms with E-state index in [0.717, 1.165) is 23.6 Å². The van der Waals surface area contributed by atoms with Gasteiger partial charge in [0.2, 0.25) is 0 Å². The van der Waals surface area contributed by atoms with Crippen LogP contribution < -0.4 is 10.1 Å². The summed E-state index contributed by atoms with van der Waals surface area (Å²) in [5.74, 6) is 0.242. The number of hydrogen-bond donors (Lipinski definition) is 1. The number of fused-ring (bicyclic) bond motifs is 1. The molecule has 0 spiro atoms. The minimum atomic E-state index is -0.469. The van der Waals surface area contributed by atoms with Gasteiger partial charge in [0.25, 0.3) is 5.91 Å². The van der Waals surface area contributed by atoms with Gasteiger partial charge in [-0.2, -0.15) is 5.26 Å². The molecule has 0 aliphatic carbocycles. The molecule has 0 saturated carbocycles. The summed E-state index contributed by atoms with van der Waals surface area (Å²) in [6, 6.07) is 27.4. The van der Waals surface area contributed by atoms with Crippen molar-refractivity contribution in [1.29, 1.82) is 5.26 Å². The number of hydrogen-bond acceptors (Lipinski definition) is 3. The molecule has 0 radical (unpaired) electrons. The summed E-state index contributed by atoms with van der Waals surface area (Å²) in [6.07, 6.45) is 1.56. The molecule has 0 aliphatic rings. The summed E-state index contributed by atoms with van der Waals surface area (Å²) >= 11 is 9.14. The van der Waals surface area contributed by atoms with Crippen LogP contribution in [0.5, 0.6) is 5.75 Å². The average molecular weight is 688 g/mol. The summed E-state index contributed by atoms with van der Waals surface area (Å²) in [5, 5.41) is 14.6. The van der Waals surface area contributed by atoms with Crippen LogP contribution in [0.3, 0.4) is 0 Å². The standard InChI is InChI=1S/C27H17Br2IN2O2/c28-22-6-3-7-23(14-22)32-27(33)21(15-31)11-18-12-24(29)26(25(30)13-18)34-16-17-8-9-19-4-1-2-5-20(19)10-17/h1-14H,16H2,(H,32,33)/b21-11-. The normalized spacial score (nSPS) is 11.2. The van der Waals surface area contributed by atoms with Gasteiger partial charge in [-0.1, -0.05) is 58.4 Å². The van der Waals surface area contributed by atoms with Crippen LogP contribution in [0.25, 0.3) is 16.8 Å². The van der Waals surface area contributed by atoms with Gasteiger partial charge in [-0.3, -0.25) is 4.79 Å². The first-order chi connectivity index (χ1) is 16.4. The van der Waals surface area contributed by atoms with Crippen LogP contribution in [0.1, 0.15) is 11.1 Å². The maximum absolute atomic E-state index is 12.6. The SMILES string of the molecule is N#C/C(=C/c1cc(Br)c(OCc2ccc3ccccc3c2)c(I)c1)C(=O)Nc1cccc(Br)c1. The number of rotatable bonds is 6. The molecule has 0 heterocycles. The van der Waals surface area contributed by atoms with E-state index in [2.05, 4.69) is 90.1 Å². The van der Waals surface area contributed by atoms with Crippen molar-refractivity contribution >= 4 is 82.9 Å². The van der Waals surface area contributed by atoms with Crippen LogP contribution in [0.15, 0.2) is 93.4 Å². The topological polar surface area (TPSA) is 62.1 Å². The minimum absolute atomic E-state index is 0.00695. The molecule has 0 atom stereocenters. The Morgan fingerprint density at radius 2 is 1.79 bits per heavy atom. The van der Waals surface area contributed by atoms with Crippen molar-refractivity contribution in [3.63, 3.8) is 0 Å². The van der Waals surface area contributed by atoms with Crippen molar-refractivity contribution < 1.29 is 9.53 Å². The lowest BCUT2D eigenvalue weighted by molar-refractivity contribution is -0.112. The maximum atomic E-state index is 12.6. The largest absolute Gasteiger partial charge is 0.487 e. The number of carbonyl (C=O) groups excluding carboxylic acids is 1. The fraction of sp³-hybridized carbons (Fsp3) is 0.0370. The van der Waals surface area contributed by atoms with E-state index in [9.17, 15) is 10.1 Å². The molecule has 0 fully saturated rings. The first-order valence-corrected chi connectivity index (χ1v) is 12.9. The second-order valence-corrected chi connectivity index (χ2v) is 10.4. The van der Waals surface area contributed by atoms with Crippen molar-refractivity contribution in [2.75, 3.05) is 5.32 Å². The quantitative estimate of drug-likeness (QED) is 0.127. The summed E-state index contributed by atoms with van der Waals surface area (Å²) in [7, 11) is 0. The number of benzene rings is 4. The van der Waals surface area contributed by atoms with Crippen LogP contribution in [-0.2, 0) is 11.4 Å². The monoisotopic (exact) mass is 686 g/mol. The van der Waals surface area contributed by atoms with Gasteiger partial charge < -0.3 is 10.1 Å². The van der Waals surface area contributed by atoms with Gasteiger partial charge in [0.15, 0.2) is 0 Å². The van der Waals surface area contributed by atoms with Crippen LogP contribution in [-0.4, -0.2) is 5.91 Å². The molecule has 0 saturated heterocycles. The Hall–Kier alpha value is -2.67. The molecule has 4 rings (SSSR count). The highest BCUT2D eigenvalue weighted by atomic mass is 127. The zero-order valence-electron chi connectivity index (χ0n) is 17.7. The molecule has 1 amide bonds. The third-order valence-electron chi connectivity index (χ3n) is 4.98. The lowest BCUT2D eigenvalue weighted by Crippen LogP contribution is -2.13. The molecule has 0 aromatic heterocycles. The van der Waals surface area contributed by atoms with Gasteiger partial charge in [-0.25, -0.2) is 0 Å². The number of nitrogens with zero attached hydrogens (tertiary/aromatic N) is 1. The minimum Gasteiger partial charge on any atom is -0.487 e. The van der Waals surface area contributed by atoms with Gasteiger partial charge in [-0.15, -0.1) is 0 Å². The number of anilines is 1. The summed E-state index contributed by atoms with van der Waals surface area (Å²) < 4.78 is 8.55. The Morgan fingerprint density at radius 3 is 2.53 bits per heavy atom. The fourth-order valence-electron chi connectivity index (χ4n) is 3.36. The average Bonchev–Trinajstić information content (AvgIpc) is 2.82. The van der Waals surface area contributed by atoms with E-state index in [1.54, 1.807) is 18.2 Å². The second-order valence-electron chi connectivity index (χ2n) is 7.42. The molecule has 4 nitrogen and oxygen atoms in total. The zero-order valence-corrected chi connectivity index (χ0v) is 23.0. The van der Waals surface area contributed by atoms with E-state index in [-0.39, 0.29) is 5.57 Å². The Bertz CT molecular complexity index is 1440. The Morgan fingerprint density at radius 1 is 1.00 bits per heavy atom. The lowest BCUT2D eigenvalue weighted by atomic mass is 10.1. The van der Waals surface area contributed by atoms with E-state index in [4.69, 9.17) is 4.74 Å². The van der Waals surface area contributed by atoms with Crippen molar-refractivity contribution in [2.24, 2.45) is 0 Å². The Labute approximate surface area is 228 Å². The summed E-state index contributed by atoms with van der Waals surface area (Å²) in [5.41, 5.74) is 2.40. The third-order valence-corrected chi connectivity index (χ3v) is 6.86. The first kappa shape index (κ1) is 24.5. The molecule has 168 valence electrons. The highest BCUT2D eigenvalue weighted by Crippen LogP contribution is 2.33. The van der Waals surface area contributed by atoms with Gasteiger partial charge in [0.05, 0.1) is 8.04 Å². The molecule has 0 unspecified atom stereocenters. The van der Waals surface area contributed by atoms with Gasteiger partial charge in [0.1, 0.15) is 24.0 Å². The van der Waals surface area contributed by atoms with Crippen molar-refractivity contribution in [1.82, 2.24) is 0 Å². The molecular weight excluding hydrogens is 671 g/mol. The van der Waals surface area contributed by atoms with E-state index in [0.29, 0.717) is 18.0 Å². The predicted octanol–water partition coefficient (Wildman–Crippen LogP) is 8.09. The summed E-state index contributed by atoms with van der Waals surface area (Å²) in [4.78, 5) is 12.6. The van der Waals surface area contributed by atoms with E-state index in [1.165, 1.54) is 10.8 Å². The molecule has 34 heavy (non-hydrogen) atoms. The number of carbonyl (C=O) groups is 1. The predicted molar refractivity (Wildman–Crippen MR) is 152 cm³/mol. The Balaban J connectivity index is 1.50. The van der Waals surface area contributed by atoms with Crippen LogP contribution in [0.2, 0.25) is 0 Å². The molecule has 4 aromatic rings. The van der Waals surface area contributed by atoms with Crippen molar-refractivity contribution in [2.45, 2.75) is 6.61 Å². The van der Waals surface area contributed by atoms with Gasteiger partial charge in [0, 0.05) is 10.2 Å². The number of halogens is 3. The third kappa shape index (κ3) is 6.06. The number of amides is 1. The van der Waals surface area contributed by atoms with Crippen LogP contribution in [0, 0.1) is 14.9 Å². The lowest BCUT2D eigenvalue weighted by Gasteiger charge is -2.12.